The predicted molar refractivity (Wildman–Crippen MR) is 78.6 cm³/mol. The summed E-state index contributed by atoms with van der Waals surface area (Å²) >= 11 is 0. The maximum absolute atomic E-state index is 12.3. The van der Waals surface area contributed by atoms with E-state index in [1.165, 1.54) is 0 Å². The number of benzene rings is 2. The van der Waals surface area contributed by atoms with E-state index in [1.807, 2.05) is 36.4 Å². The first kappa shape index (κ1) is 12.5. The number of carbonyl (C=O) groups excluding carboxylic acids is 1. The fraction of sp³-hybridized carbons (Fsp3) is 0.188. The Kier molecular flexibility index (Phi) is 3.29. The average molecular weight is 268 g/mol. The van der Waals surface area contributed by atoms with Crippen molar-refractivity contribution in [1.82, 2.24) is 0 Å². The Hall–Kier alpha value is -2.49. The van der Waals surface area contributed by atoms with Crippen molar-refractivity contribution in [3.63, 3.8) is 0 Å². The number of para-hydroxylation sites is 1. The Labute approximate surface area is 117 Å². The molecular weight excluding hydrogens is 252 g/mol. The van der Waals surface area contributed by atoms with Crippen LogP contribution >= 0.6 is 0 Å². The third-order valence-corrected chi connectivity index (χ3v) is 3.40. The van der Waals surface area contributed by atoms with Gasteiger partial charge >= 0.3 is 0 Å². The molecule has 2 aromatic rings. The molecule has 102 valence electrons. The number of rotatable bonds is 2. The van der Waals surface area contributed by atoms with Gasteiger partial charge in [0.25, 0.3) is 0 Å². The molecule has 0 bridgehead atoms. The molecule has 0 spiro atoms. The average Bonchev–Trinajstić information content (AvgIpc) is 2.47. The second-order valence-corrected chi connectivity index (χ2v) is 4.93. The monoisotopic (exact) mass is 268 g/mol. The van der Waals surface area contributed by atoms with Crippen LogP contribution in [0.3, 0.4) is 0 Å². The summed E-state index contributed by atoms with van der Waals surface area (Å²) in [6, 6.07) is 15.0. The topological polar surface area (TPSA) is 64.3 Å². The maximum atomic E-state index is 12.3. The molecule has 4 nitrogen and oxygen atoms in total. The van der Waals surface area contributed by atoms with Crippen molar-refractivity contribution in [1.29, 1.82) is 0 Å². The number of nitrogens with one attached hydrogen (secondary N) is 1. The molecule has 1 aliphatic heterocycles. The third-order valence-electron chi connectivity index (χ3n) is 3.40. The van der Waals surface area contributed by atoms with Crippen LogP contribution < -0.4 is 15.8 Å². The molecule has 0 saturated carbocycles. The van der Waals surface area contributed by atoms with E-state index >= 15 is 0 Å². The minimum absolute atomic E-state index is 0.0369. The van der Waals surface area contributed by atoms with Crippen LogP contribution in [0.25, 0.3) is 0 Å². The zero-order valence-electron chi connectivity index (χ0n) is 11.0. The number of ether oxygens (including phenoxy) is 1. The molecule has 1 heterocycles. The number of nitrogens with two attached hydrogens (primary N) is 1. The van der Waals surface area contributed by atoms with Gasteiger partial charge in [-0.15, -0.1) is 0 Å². The van der Waals surface area contributed by atoms with Gasteiger partial charge in [0.05, 0.1) is 5.92 Å². The highest BCUT2D eigenvalue weighted by atomic mass is 16.5. The van der Waals surface area contributed by atoms with Gasteiger partial charge in [-0.2, -0.15) is 0 Å². The molecular formula is C16H16N2O2. The molecule has 0 aromatic heterocycles. The van der Waals surface area contributed by atoms with Gasteiger partial charge < -0.3 is 15.8 Å². The quantitative estimate of drug-likeness (QED) is 0.822. The van der Waals surface area contributed by atoms with Crippen molar-refractivity contribution < 1.29 is 9.53 Å². The summed E-state index contributed by atoms with van der Waals surface area (Å²) in [5.41, 5.74) is 8.12. The van der Waals surface area contributed by atoms with Crippen LogP contribution in [0, 0.1) is 5.92 Å². The molecule has 1 amide bonds. The minimum atomic E-state index is -0.175. The molecule has 0 saturated heterocycles. The van der Waals surface area contributed by atoms with E-state index in [0.29, 0.717) is 24.4 Å². The lowest BCUT2D eigenvalue weighted by Crippen LogP contribution is -2.32. The second kappa shape index (κ2) is 5.25. The highest BCUT2D eigenvalue weighted by Gasteiger charge is 2.25. The van der Waals surface area contributed by atoms with E-state index in [9.17, 15) is 4.79 Å². The summed E-state index contributed by atoms with van der Waals surface area (Å²) in [7, 11) is 0. The van der Waals surface area contributed by atoms with Gasteiger partial charge in [0, 0.05) is 11.4 Å². The molecule has 2 aromatic carbocycles. The van der Waals surface area contributed by atoms with E-state index < -0.39 is 0 Å². The Bertz CT molecular complexity index is 640. The van der Waals surface area contributed by atoms with Crippen molar-refractivity contribution in [2.24, 2.45) is 5.92 Å². The standard InChI is InChI=1S/C16H16N2O2/c17-13-5-3-6-14(9-13)18-16(19)12-8-11-4-1-2-7-15(11)20-10-12/h1-7,9,12H,8,10,17H2,(H,18,19). The summed E-state index contributed by atoms with van der Waals surface area (Å²) in [5.74, 6) is 0.664. The summed E-state index contributed by atoms with van der Waals surface area (Å²) in [6.07, 6.45) is 0.699. The molecule has 20 heavy (non-hydrogen) atoms. The zero-order chi connectivity index (χ0) is 13.9. The lowest BCUT2D eigenvalue weighted by Gasteiger charge is -2.24. The van der Waals surface area contributed by atoms with Crippen molar-refractivity contribution >= 4 is 17.3 Å². The number of carbonyl (C=O) groups is 1. The van der Waals surface area contributed by atoms with Crippen molar-refractivity contribution in [3.8, 4) is 5.75 Å². The van der Waals surface area contributed by atoms with Crippen LogP contribution in [-0.2, 0) is 11.2 Å². The second-order valence-electron chi connectivity index (χ2n) is 4.93. The molecule has 1 atom stereocenters. The lowest BCUT2D eigenvalue weighted by molar-refractivity contribution is -0.121. The first-order chi connectivity index (χ1) is 9.72. The Morgan fingerprint density at radius 3 is 2.90 bits per heavy atom. The fourth-order valence-corrected chi connectivity index (χ4v) is 2.36. The van der Waals surface area contributed by atoms with E-state index in [-0.39, 0.29) is 11.8 Å². The van der Waals surface area contributed by atoms with Crippen molar-refractivity contribution in [2.45, 2.75) is 6.42 Å². The van der Waals surface area contributed by atoms with E-state index in [1.54, 1.807) is 12.1 Å². The summed E-state index contributed by atoms with van der Waals surface area (Å²) in [4.78, 5) is 12.3. The van der Waals surface area contributed by atoms with Gasteiger partial charge in [-0.3, -0.25) is 4.79 Å². The van der Waals surface area contributed by atoms with Crippen LogP contribution in [0.1, 0.15) is 5.56 Å². The molecule has 0 fully saturated rings. The highest BCUT2D eigenvalue weighted by molar-refractivity contribution is 5.93. The van der Waals surface area contributed by atoms with Crippen LogP contribution in [0.4, 0.5) is 11.4 Å². The summed E-state index contributed by atoms with van der Waals surface area (Å²) in [5, 5.41) is 2.88. The number of amides is 1. The van der Waals surface area contributed by atoms with E-state index in [2.05, 4.69) is 5.32 Å². The van der Waals surface area contributed by atoms with Gasteiger partial charge in [0.15, 0.2) is 0 Å². The Balaban J connectivity index is 1.70. The highest BCUT2D eigenvalue weighted by Crippen LogP contribution is 2.27. The van der Waals surface area contributed by atoms with E-state index in [0.717, 1.165) is 11.3 Å². The van der Waals surface area contributed by atoms with Gasteiger partial charge in [0.1, 0.15) is 12.4 Å². The molecule has 1 aliphatic rings. The molecule has 3 rings (SSSR count). The van der Waals surface area contributed by atoms with Gasteiger partial charge in [-0.25, -0.2) is 0 Å². The molecule has 3 N–H and O–H groups in total. The Morgan fingerprint density at radius 1 is 1.20 bits per heavy atom. The molecule has 4 heteroatoms. The number of nitrogen functional groups attached to an aromatic ring is 1. The van der Waals surface area contributed by atoms with Crippen LogP contribution in [0.5, 0.6) is 5.75 Å². The van der Waals surface area contributed by atoms with Gasteiger partial charge in [-0.05, 0) is 36.2 Å². The smallest absolute Gasteiger partial charge is 0.231 e. The number of anilines is 2. The Morgan fingerprint density at radius 2 is 2.05 bits per heavy atom. The largest absolute Gasteiger partial charge is 0.492 e. The van der Waals surface area contributed by atoms with Crippen LogP contribution in [-0.4, -0.2) is 12.5 Å². The third kappa shape index (κ3) is 2.59. The van der Waals surface area contributed by atoms with Crippen molar-refractivity contribution in [2.75, 3.05) is 17.7 Å². The van der Waals surface area contributed by atoms with Crippen LogP contribution in [0.15, 0.2) is 48.5 Å². The van der Waals surface area contributed by atoms with Crippen molar-refractivity contribution in [3.05, 3.63) is 54.1 Å². The first-order valence-corrected chi connectivity index (χ1v) is 6.59. The zero-order valence-corrected chi connectivity index (χ0v) is 11.0. The number of fused-ring (bicyclic) bond motifs is 1. The summed E-state index contributed by atoms with van der Waals surface area (Å²) in [6.45, 7) is 0.408. The molecule has 0 aliphatic carbocycles. The normalized spacial score (nSPS) is 16.9. The SMILES string of the molecule is Nc1cccc(NC(=O)C2COc3ccccc3C2)c1. The maximum Gasteiger partial charge on any atom is 0.231 e. The lowest BCUT2D eigenvalue weighted by atomic mass is 9.96. The minimum Gasteiger partial charge on any atom is -0.492 e. The fourth-order valence-electron chi connectivity index (χ4n) is 2.36. The van der Waals surface area contributed by atoms with E-state index in [4.69, 9.17) is 10.5 Å². The summed E-state index contributed by atoms with van der Waals surface area (Å²) < 4.78 is 5.63. The van der Waals surface area contributed by atoms with Crippen LogP contribution in [0.2, 0.25) is 0 Å². The predicted octanol–water partition coefficient (Wildman–Crippen LogP) is 2.46. The number of hydrogen-bond donors (Lipinski definition) is 2. The first-order valence-electron chi connectivity index (χ1n) is 6.59. The van der Waals surface area contributed by atoms with Gasteiger partial charge in [-0.1, -0.05) is 24.3 Å². The molecule has 0 radical (unpaired) electrons. The number of hydrogen-bond acceptors (Lipinski definition) is 3. The molecule has 1 unspecified atom stereocenters. The van der Waals surface area contributed by atoms with Gasteiger partial charge in [0.2, 0.25) is 5.91 Å².